The van der Waals surface area contributed by atoms with Gasteiger partial charge in [-0.25, -0.2) is 0 Å². The number of halogens is 1. The molecular formula is C14H14BrN3O. The van der Waals surface area contributed by atoms with Crippen LogP contribution in [0.2, 0.25) is 0 Å². The molecule has 4 nitrogen and oxygen atoms in total. The Labute approximate surface area is 120 Å². The molecule has 2 heterocycles. The zero-order chi connectivity index (χ0) is 13.2. The first-order valence-corrected chi connectivity index (χ1v) is 7.04. The molecule has 1 atom stereocenters. The van der Waals surface area contributed by atoms with Crippen molar-refractivity contribution in [2.24, 2.45) is 0 Å². The standard InChI is InChI=1S/C14H14BrN3O/c15-11-3-1-10(2-4-11)13-5-6-14(17-16-13)18-8-7-12(19)9-18/h1-6,12,19H,7-9H2. The Balaban J connectivity index is 1.80. The smallest absolute Gasteiger partial charge is 0.151 e. The number of anilines is 1. The van der Waals surface area contributed by atoms with Crippen molar-refractivity contribution in [3.63, 3.8) is 0 Å². The molecule has 2 aromatic rings. The predicted molar refractivity (Wildman–Crippen MR) is 78.0 cm³/mol. The minimum Gasteiger partial charge on any atom is -0.391 e. The van der Waals surface area contributed by atoms with Crippen molar-refractivity contribution in [1.29, 1.82) is 0 Å². The van der Waals surface area contributed by atoms with Crippen molar-refractivity contribution in [3.05, 3.63) is 40.9 Å². The van der Waals surface area contributed by atoms with Crippen LogP contribution in [0.15, 0.2) is 40.9 Å². The van der Waals surface area contributed by atoms with Gasteiger partial charge < -0.3 is 10.0 Å². The molecule has 0 amide bonds. The van der Waals surface area contributed by atoms with Gasteiger partial charge in [0.1, 0.15) is 0 Å². The highest BCUT2D eigenvalue weighted by atomic mass is 79.9. The van der Waals surface area contributed by atoms with Gasteiger partial charge in [0.2, 0.25) is 0 Å². The van der Waals surface area contributed by atoms with Crippen LogP contribution in [0.4, 0.5) is 5.82 Å². The summed E-state index contributed by atoms with van der Waals surface area (Å²) < 4.78 is 1.05. The number of β-amino-alcohol motifs (C(OH)–C–C–N with tert-alkyl or cyclic N) is 1. The van der Waals surface area contributed by atoms with Gasteiger partial charge in [0.15, 0.2) is 5.82 Å². The minimum absolute atomic E-state index is 0.243. The molecule has 1 aliphatic rings. The minimum atomic E-state index is -0.243. The molecule has 0 bridgehead atoms. The number of rotatable bonds is 2. The van der Waals surface area contributed by atoms with Crippen molar-refractivity contribution in [3.8, 4) is 11.3 Å². The van der Waals surface area contributed by atoms with E-state index in [-0.39, 0.29) is 6.10 Å². The van der Waals surface area contributed by atoms with Crippen LogP contribution in [0.25, 0.3) is 11.3 Å². The molecule has 0 saturated carbocycles. The number of benzene rings is 1. The lowest BCUT2D eigenvalue weighted by molar-refractivity contribution is 0.198. The Morgan fingerprint density at radius 2 is 1.89 bits per heavy atom. The summed E-state index contributed by atoms with van der Waals surface area (Å²) in [5.41, 5.74) is 1.90. The number of aliphatic hydroxyl groups excluding tert-OH is 1. The molecule has 1 unspecified atom stereocenters. The van der Waals surface area contributed by atoms with Crippen molar-refractivity contribution < 1.29 is 5.11 Å². The molecule has 0 spiro atoms. The lowest BCUT2D eigenvalue weighted by Gasteiger charge is -2.15. The summed E-state index contributed by atoms with van der Waals surface area (Å²) in [6, 6.07) is 11.9. The van der Waals surface area contributed by atoms with E-state index in [0.717, 1.165) is 34.5 Å². The molecule has 5 heteroatoms. The van der Waals surface area contributed by atoms with E-state index in [9.17, 15) is 5.11 Å². The van der Waals surface area contributed by atoms with Crippen molar-refractivity contribution in [1.82, 2.24) is 10.2 Å². The highest BCUT2D eigenvalue weighted by Gasteiger charge is 2.21. The fourth-order valence-electron chi connectivity index (χ4n) is 2.22. The van der Waals surface area contributed by atoms with Crippen LogP contribution in [0, 0.1) is 0 Å². The third-order valence-corrected chi connectivity index (χ3v) is 3.81. The molecule has 1 saturated heterocycles. The lowest BCUT2D eigenvalue weighted by atomic mass is 10.1. The van der Waals surface area contributed by atoms with Crippen molar-refractivity contribution >= 4 is 21.7 Å². The first-order valence-electron chi connectivity index (χ1n) is 6.25. The third kappa shape index (κ3) is 2.77. The second-order valence-corrected chi connectivity index (χ2v) is 5.59. The average molecular weight is 320 g/mol. The molecule has 1 N–H and O–H groups in total. The highest BCUT2D eigenvalue weighted by molar-refractivity contribution is 9.10. The summed E-state index contributed by atoms with van der Waals surface area (Å²) >= 11 is 3.41. The molecule has 1 aromatic heterocycles. The van der Waals surface area contributed by atoms with Gasteiger partial charge in [-0.15, -0.1) is 10.2 Å². The molecule has 19 heavy (non-hydrogen) atoms. The maximum absolute atomic E-state index is 9.53. The molecule has 1 fully saturated rings. The van der Waals surface area contributed by atoms with Gasteiger partial charge in [0.05, 0.1) is 11.8 Å². The SMILES string of the molecule is OC1CCN(c2ccc(-c3ccc(Br)cc3)nn2)C1. The number of hydrogen-bond donors (Lipinski definition) is 1. The fraction of sp³-hybridized carbons (Fsp3) is 0.286. The van der Waals surface area contributed by atoms with E-state index < -0.39 is 0 Å². The maximum Gasteiger partial charge on any atom is 0.151 e. The van der Waals surface area contributed by atoms with Gasteiger partial charge in [-0.3, -0.25) is 0 Å². The zero-order valence-electron chi connectivity index (χ0n) is 10.3. The van der Waals surface area contributed by atoms with Crippen LogP contribution < -0.4 is 4.90 Å². The Morgan fingerprint density at radius 1 is 1.11 bits per heavy atom. The van der Waals surface area contributed by atoms with E-state index in [1.807, 2.05) is 36.4 Å². The van der Waals surface area contributed by atoms with Crippen LogP contribution >= 0.6 is 15.9 Å². The average Bonchev–Trinajstić information content (AvgIpc) is 2.87. The quantitative estimate of drug-likeness (QED) is 0.923. The van der Waals surface area contributed by atoms with Crippen LogP contribution in [-0.4, -0.2) is 34.5 Å². The van der Waals surface area contributed by atoms with Gasteiger partial charge in [0.25, 0.3) is 0 Å². The van der Waals surface area contributed by atoms with Gasteiger partial charge in [0, 0.05) is 23.1 Å². The maximum atomic E-state index is 9.53. The van der Waals surface area contributed by atoms with E-state index >= 15 is 0 Å². The van der Waals surface area contributed by atoms with Gasteiger partial charge >= 0.3 is 0 Å². The van der Waals surface area contributed by atoms with E-state index in [2.05, 4.69) is 31.0 Å². The monoisotopic (exact) mass is 319 g/mol. The van der Waals surface area contributed by atoms with Gasteiger partial charge in [-0.2, -0.15) is 0 Å². The molecule has 0 aliphatic carbocycles. The normalized spacial score (nSPS) is 18.8. The lowest BCUT2D eigenvalue weighted by Crippen LogP contribution is -2.22. The molecule has 0 radical (unpaired) electrons. The van der Waals surface area contributed by atoms with Crippen LogP contribution in [0.5, 0.6) is 0 Å². The summed E-state index contributed by atoms with van der Waals surface area (Å²) in [5.74, 6) is 0.831. The third-order valence-electron chi connectivity index (χ3n) is 3.28. The van der Waals surface area contributed by atoms with E-state index in [0.29, 0.717) is 6.54 Å². The molecule has 1 aliphatic heterocycles. The van der Waals surface area contributed by atoms with Crippen molar-refractivity contribution in [2.45, 2.75) is 12.5 Å². The zero-order valence-corrected chi connectivity index (χ0v) is 11.9. The Kier molecular flexibility index (Phi) is 3.48. The summed E-state index contributed by atoms with van der Waals surface area (Å²) in [6.45, 7) is 1.49. The number of aliphatic hydroxyl groups is 1. The second-order valence-electron chi connectivity index (χ2n) is 4.67. The fourth-order valence-corrected chi connectivity index (χ4v) is 2.48. The van der Waals surface area contributed by atoms with Gasteiger partial charge in [-0.05, 0) is 30.7 Å². The largest absolute Gasteiger partial charge is 0.391 e. The van der Waals surface area contributed by atoms with Crippen LogP contribution in [-0.2, 0) is 0 Å². The van der Waals surface area contributed by atoms with E-state index in [1.54, 1.807) is 0 Å². The number of nitrogens with zero attached hydrogens (tertiary/aromatic N) is 3. The molecular weight excluding hydrogens is 306 g/mol. The molecule has 1 aromatic carbocycles. The van der Waals surface area contributed by atoms with Crippen LogP contribution in [0.3, 0.4) is 0 Å². The molecule has 98 valence electrons. The van der Waals surface area contributed by atoms with Crippen LogP contribution in [0.1, 0.15) is 6.42 Å². The van der Waals surface area contributed by atoms with E-state index in [1.165, 1.54) is 0 Å². The highest BCUT2D eigenvalue weighted by Crippen LogP contribution is 2.22. The second kappa shape index (κ2) is 5.27. The first-order chi connectivity index (χ1) is 9.22. The summed E-state index contributed by atoms with van der Waals surface area (Å²) in [5, 5.41) is 18.0. The summed E-state index contributed by atoms with van der Waals surface area (Å²) in [4.78, 5) is 2.06. The van der Waals surface area contributed by atoms with Crippen molar-refractivity contribution in [2.75, 3.05) is 18.0 Å². The topological polar surface area (TPSA) is 49.2 Å². The Morgan fingerprint density at radius 3 is 2.47 bits per heavy atom. The van der Waals surface area contributed by atoms with E-state index in [4.69, 9.17) is 0 Å². The predicted octanol–water partition coefficient (Wildman–Crippen LogP) is 2.48. The first kappa shape index (κ1) is 12.6. The number of hydrogen-bond acceptors (Lipinski definition) is 4. The Hall–Kier alpha value is -1.46. The summed E-state index contributed by atoms with van der Waals surface area (Å²) in [6.07, 6.45) is 0.559. The Bertz CT molecular complexity index is 556. The summed E-state index contributed by atoms with van der Waals surface area (Å²) in [7, 11) is 0. The van der Waals surface area contributed by atoms with Gasteiger partial charge in [-0.1, -0.05) is 28.1 Å². The molecule has 3 rings (SSSR count). The number of aromatic nitrogens is 2.